The summed E-state index contributed by atoms with van der Waals surface area (Å²) in [6.07, 6.45) is 0. The number of carbonyl (C=O) groups is 1. The first kappa shape index (κ1) is 14.0. The van der Waals surface area contributed by atoms with E-state index in [9.17, 15) is 4.79 Å². The van der Waals surface area contributed by atoms with Gasteiger partial charge in [-0.3, -0.25) is 4.79 Å². The maximum Gasteiger partial charge on any atom is 0.234 e. The molecule has 2 atom stereocenters. The molecular weight excluding hydrogens is 364 g/mol. The zero-order valence-electron chi connectivity index (χ0n) is 9.87. The van der Waals surface area contributed by atoms with Gasteiger partial charge in [-0.25, -0.2) is 0 Å². The Balaban J connectivity index is 2.22. The topological polar surface area (TPSA) is 64.3 Å². The SMILES string of the molecule is CC1(C(=O)Nc2c(Br)cccc2Br)COCC1N. The van der Waals surface area contributed by atoms with Gasteiger partial charge in [0, 0.05) is 15.0 Å². The molecule has 1 amide bonds. The number of hydrogen-bond acceptors (Lipinski definition) is 3. The van der Waals surface area contributed by atoms with Crippen LogP contribution in [0.5, 0.6) is 0 Å². The number of ether oxygens (including phenoxy) is 1. The van der Waals surface area contributed by atoms with Crippen LogP contribution >= 0.6 is 31.9 Å². The van der Waals surface area contributed by atoms with E-state index in [-0.39, 0.29) is 11.9 Å². The van der Waals surface area contributed by atoms with Crippen molar-refractivity contribution in [3.05, 3.63) is 27.1 Å². The summed E-state index contributed by atoms with van der Waals surface area (Å²) in [6.45, 7) is 2.59. The zero-order valence-corrected chi connectivity index (χ0v) is 13.0. The van der Waals surface area contributed by atoms with E-state index in [4.69, 9.17) is 10.5 Å². The van der Waals surface area contributed by atoms with Crippen molar-refractivity contribution in [2.75, 3.05) is 18.5 Å². The lowest BCUT2D eigenvalue weighted by molar-refractivity contribution is -0.125. The highest BCUT2D eigenvalue weighted by Gasteiger charge is 2.44. The van der Waals surface area contributed by atoms with Crippen LogP contribution in [0.15, 0.2) is 27.1 Å². The number of carbonyl (C=O) groups excluding carboxylic acids is 1. The molecular formula is C12H14Br2N2O2. The summed E-state index contributed by atoms with van der Waals surface area (Å²) in [5.74, 6) is -0.125. The molecule has 1 saturated heterocycles. The molecule has 1 aliphatic rings. The van der Waals surface area contributed by atoms with Gasteiger partial charge in [0.15, 0.2) is 0 Å². The molecule has 0 radical (unpaired) electrons. The number of para-hydroxylation sites is 1. The Morgan fingerprint density at radius 2 is 2.11 bits per heavy atom. The minimum absolute atomic E-state index is 0.125. The molecule has 0 spiro atoms. The van der Waals surface area contributed by atoms with Gasteiger partial charge >= 0.3 is 0 Å². The summed E-state index contributed by atoms with van der Waals surface area (Å²) < 4.78 is 6.92. The summed E-state index contributed by atoms with van der Waals surface area (Å²) in [5.41, 5.74) is 5.96. The summed E-state index contributed by atoms with van der Waals surface area (Å²) in [4.78, 5) is 12.3. The first-order valence-electron chi connectivity index (χ1n) is 5.54. The lowest BCUT2D eigenvalue weighted by Crippen LogP contribution is -2.47. The number of halogens is 2. The quantitative estimate of drug-likeness (QED) is 0.832. The molecule has 4 nitrogen and oxygen atoms in total. The van der Waals surface area contributed by atoms with Gasteiger partial charge < -0.3 is 15.8 Å². The van der Waals surface area contributed by atoms with E-state index in [1.807, 2.05) is 25.1 Å². The van der Waals surface area contributed by atoms with Crippen LogP contribution in [0.1, 0.15) is 6.92 Å². The fourth-order valence-electron chi connectivity index (χ4n) is 1.80. The van der Waals surface area contributed by atoms with Gasteiger partial charge in [-0.05, 0) is 50.9 Å². The van der Waals surface area contributed by atoms with Gasteiger partial charge in [0.2, 0.25) is 5.91 Å². The Morgan fingerprint density at radius 1 is 1.50 bits per heavy atom. The van der Waals surface area contributed by atoms with Crippen molar-refractivity contribution in [1.82, 2.24) is 0 Å². The molecule has 0 bridgehead atoms. The Labute approximate surface area is 123 Å². The van der Waals surface area contributed by atoms with Crippen molar-refractivity contribution in [3.8, 4) is 0 Å². The Kier molecular flexibility index (Phi) is 4.11. The molecule has 98 valence electrons. The third-order valence-electron chi connectivity index (χ3n) is 3.24. The lowest BCUT2D eigenvalue weighted by atomic mass is 9.85. The number of nitrogens with one attached hydrogen (secondary N) is 1. The van der Waals surface area contributed by atoms with E-state index in [2.05, 4.69) is 37.2 Å². The largest absolute Gasteiger partial charge is 0.379 e. The van der Waals surface area contributed by atoms with Crippen LogP contribution < -0.4 is 11.1 Å². The first-order chi connectivity index (χ1) is 8.45. The predicted octanol–water partition coefficient (Wildman–Crippen LogP) is 2.51. The van der Waals surface area contributed by atoms with Gasteiger partial charge in [-0.2, -0.15) is 0 Å². The van der Waals surface area contributed by atoms with Crippen LogP contribution in [-0.4, -0.2) is 25.2 Å². The van der Waals surface area contributed by atoms with E-state index in [1.54, 1.807) is 0 Å². The normalized spacial score (nSPS) is 27.2. The molecule has 0 aliphatic carbocycles. The minimum atomic E-state index is -0.686. The third-order valence-corrected chi connectivity index (χ3v) is 4.56. The van der Waals surface area contributed by atoms with Crippen molar-refractivity contribution in [2.24, 2.45) is 11.1 Å². The minimum Gasteiger partial charge on any atom is -0.379 e. The predicted molar refractivity (Wildman–Crippen MR) is 77.4 cm³/mol. The van der Waals surface area contributed by atoms with E-state index in [1.165, 1.54) is 0 Å². The second-order valence-corrected chi connectivity index (χ2v) is 6.30. The number of nitrogens with two attached hydrogens (primary N) is 1. The van der Waals surface area contributed by atoms with E-state index < -0.39 is 5.41 Å². The van der Waals surface area contributed by atoms with Gasteiger partial charge in [0.05, 0.1) is 24.3 Å². The number of amides is 1. The molecule has 1 aromatic rings. The van der Waals surface area contributed by atoms with Crippen LogP contribution in [0.3, 0.4) is 0 Å². The van der Waals surface area contributed by atoms with Crippen molar-refractivity contribution in [2.45, 2.75) is 13.0 Å². The number of rotatable bonds is 2. The Morgan fingerprint density at radius 3 is 2.61 bits per heavy atom. The van der Waals surface area contributed by atoms with E-state index >= 15 is 0 Å². The van der Waals surface area contributed by atoms with Crippen molar-refractivity contribution in [3.63, 3.8) is 0 Å². The molecule has 2 unspecified atom stereocenters. The Bertz CT molecular complexity index is 461. The number of anilines is 1. The summed E-state index contributed by atoms with van der Waals surface area (Å²) in [5, 5.41) is 2.90. The molecule has 1 fully saturated rings. The fourth-order valence-corrected chi connectivity index (χ4v) is 2.99. The standard InChI is InChI=1S/C12H14Br2N2O2/c1-12(6-18-5-9(12)15)11(17)16-10-7(13)3-2-4-8(10)14/h2-4,9H,5-6,15H2,1H3,(H,16,17). The Hall–Kier alpha value is -0.430. The summed E-state index contributed by atoms with van der Waals surface area (Å²) in [7, 11) is 0. The van der Waals surface area contributed by atoms with Crippen LogP contribution in [0.25, 0.3) is 0 Å². The van der Waals surface area contributed by atoms with Crippen LogP contribution in [0.2, 0.25) is 0 Å². The zero-order chi connectivity index (χ0) is 13.3. The molecule has 2 rings (SSSR count). The molecule has 1 heterocycles. The molecule has 0 aromatic heterocycles. The van der Waals surface area contributed by atoms with Crippen molar-refractivity contribution >= 4 is 43.5 Å². The molecule has 6 heteroatoms. The van der Waals surface area contributed by atoms with Crippen molar-refractivity contribution in [1.29, 1.82) is 0 Å². The lowest BCUT2D eigenvalue weighted by Gasteiger charge is -2.26. The second-order valence-electron chi connectivity index (χ2n) is 4.59. The summed E-state index contributed by atoms with van der Waals surface area (Å²) in [6, 6.07) is 5.34. The second kappa shape index (κ2) is 5.28. The first-order valence-corrected chi connectivity index (χ1v) is 7.12. The van der Waals surface area contributed by atoms with Crippen molar-refractivity contribution < 1.29 is 9.53 Å². The van der Waals surface area contributed by atoms with E-state index in [0.29, 0.717) is 18.9 Å². The highest BCUT2D eigenvalue weighted by atomic mass is 79.9. The van der Waals surface area contributed by atoms with Crippen LogP contribution in [0.4, 0.5) is 5.69 Å². The smallest absolute Gasteiger partial charge is 0.234 e. The van der Waals surface area contributed by atoms with Gasteiger partial charge in [-0.1, -0.05) is 6.07 Å². The van der Waals surface area contributed by atoms with E-state index in [0.717, 1.165) is 8.95 Å². The average Bonchev–Trinajstić information content (AvgIpc) is 2.66. The van der Waals surface area contributed by atoms with Crippen LogP contribution in [-0.2, 0) is 9.53 Å². The fraction of sp³-hybridized carbons (Fsp3) is 0.417. The molecule has 1 aliphatic heterocycles. The number of benzene rings is 1. The van der Waals surface area contributed by atoms with Gasteiger partial charge in [0.1, 0.15) is 0 Å². The monoisotopic (exact) mass is 376 g/mol. The summed E-state index contributed by atoms with van der Waals surface area (Å²) >= 11 is 6.82. The van der Waals surface area contributed by atoms with Gasteiger partial charge in [-0.15, -0.1) is 0 Å². The average molecular weight is 378 g/mol. The van der Waals surface area contributed by atoms with Gasteiger partial charge in [0.25, 0.3) is 0 Å². The molecule has 0 saturated carbocycles. The van der Waals surface area contributed by atoms with Crippen LogP contribution in [0, 0.1) is 5.41 Å². The molecule has 18 heavy (non-hydrogen) atoms. The number of hydrogen-bond donors (Lipinski definition) is 2. The third kappa shape index (κ3) is 2.47. The molecule has 1 aromatic carbocycles. The highest BCUT2D eigenvalue weighted by Crippen LogP contribution is 2.34. The maximum absolute atomic E-state index is 12.3. The highest BCUT2D eigenvalue weighted by molar-refractivity contribution is 9.11. The maximum atomic E-state index is 12.3. The molecule has 3 N–H and O–H groups in total.